The molecule has 0 bridgehead atoms. The number of urea groups is 1. The summed E-state index contributed by atoms with van der Waals surface area (Å²) in [6, 6.07) is 7.26. The van der Waals surface area contributed by atoms with Crippen LogP contribution in [0.3, 0.4) is 0 Å². The number of piperazine rings is 1. The largest absolute Gasteiger partial charge is 0.335 e. The minimum Gasteiger partial charge on any atom is -0.335 e. The summed E-state index contributed by atoms with van der Waals surface area (Å²) in [6.07, 6.45) is -1.21. The lowest BCUT2D eigenvalue weighted by Crippen LogP contribution is -2.76. The van der Waals surface area contributed by atoms with E-state index in [1.54, 1.807) is 45.0 Å². The molecule has 0 aliphatic carbocycles. The molecule has 10 nitrogen and oxygen atoms in total. The number of halogens is 4. The van der Waals surface area contributed by atoms with Crippen molar-refractivity contribution in [2.45, 2.75) is 55.9 Å². The van der Waals surface area contributed by atoms with Gasteiger partial charge in [-0.3, -0.25) is 9.59 Å². The molecule has 2 fully saturated rings. The van der Waals surface area contributed by atoms with Crippen LogP contribution in [0, 0.1) is 0 Å². The predicted molar refractivity (Wildman–Crippen MR) is 158 cm³/mol. The van der Waals surface area contributed by atoms with E-state index in [-0.39, 0.29) is 34.5 Å². The Morgan fingerprint density at radius 3 is 2.24 bits per heavy atom. The average Bonchev–Trinajstić information content (AvgIpc) is 2.88. The number of nitrogens with one attached hydrogen (secondary N) is 2. The van der Waals surface area contributed by atoms with Crippen molar-refractivity contribution in [1.82, 2.24) is 24.7 Å². The van der Waals surface area contributed by atoms with Gasteiger partial charge in [-0.15, -0.1) is 0 Å². The summed E-state index contributed by atoms with van der Waals surface area (Å²) in [7, 11) is -4.44. The zero-order valence-corrected chi connectivity index (χ0v) is 26.2. The van der Waals surface area contributed by atoms with E-state index in [1.165, 1.54) is 28.0 Å². The molecule has 42 heavy (non-hydrogen) atoms. The highest BCUT2D eigenvalue weighted by atomic mass is 35.5. The molecule has 2 N–H and O–H groups in total. The zero-order valence-electron chi connectivity index (χ0n) is 23.1. The summed E-state index contributed by atoms with van der Waals surface area (Å²) < 4.78 is 42.9. The maximum Gasteiger partial charge on any atom is 0.315 e. The first-order valence-corrected chi connectivity index (χ1v) is 15.7. The number of benzene rings is 2. The summed E-state index contributed by atoms with van der Waals surface area (Å²) in [5.41, 5.74) is -0.0139. The lowest BCUT2D eigenvalue weighted by Gasteiger charge is -2.53. The molecule has 3 atom stereocenters. The quantitative estimate of drug-likeness (QED) is 0.469. The number of rotatable bonds is 7. The molecule has 0 radical (unpaired) electrons. The van der Waals surface area contributed by atoms with Crippen molar-refractivity contribution in [3.63, 3.8) is 0 Å². The van der Waals surface area contributed by atoms with E-state index in [2.05, 4.69) is 10.6 Å². The van der Waals surface area contributed by atoms with Crippen LogP contribution in [0.5, 0.6) is 0 Å². The number of fused-ring (bicyclic) bond motifs is 1. The van der Waals surface area contributed by atoms with Crippen LogP contribution in [0.4, 0.5) is 9.18 Å². The predicted octanol–water partition coefficient (Wildman–Crippen LogP) is 3.70. The Morgan fingerprint density at radius 1 is 1.00 bits per heavy atom. The van der Waals surface area contributed by atoms with Crippen LogP contribution in [0.15, 0.2) is 47.4 Å². The summed E-state index contributed by atoms with van der Waals surface area (Å²) >= 11 is 18.3. The molecule has 2 aromatic rings. The molecule has 4 rings (SSSR count). The Morgan fingerprint density at radius 2 is 1.64 bits per heavy atom. The van der Waals surface area contributed by atoms with Gasteiger partial charge in [-0.25, -0.2) is 17.6 Å². The summed E-state index contributed by atoms with van der Waals surface area (Å²) in [5, 5.41) is 5.80. The first kappa shape index (κ1) is 32.3. The smallest absolute Gasteiger partial charge is 0.315 e. The van der Waals surface area contributed by atoms with Crippen molar-refractivity contribution < 1.29 is 27.2 Å². The number of hydrogen-bond acceptors (Lipinski definition) is 5. The Balaban J connectivity index is 1.82. The number of carbonyl (C=O) groups is 3. The monoisotopic (exact) mass is 661 g/mol. The fourth-order valence-corrected chi connectivity index (χ4v) is 7.51. The van der Waals surface area contributed by atoms with E-state index < -0.39 is 64.9 Å². The molecule has 2 aliphatic heterocycles. The van der Waals surface area contributed by atoms with Crippen LogP contribution < -0.4 is 10.6 Å². The van der Waals surface area contributed by atoms with Gasteiger partial charge in [0.1, 0.15) is 29.8 Å². The van der Waals surface area contributed by atoms with Crippen molar-refractivity contribution in [2.24, 2.45) is 0 Å². The maximum absolute atomic E-state index is 14.1. The van der Waals surface area contributed by atoms with E-state index in [1.807, 2.05) is 0 Å². The molecule has 228 valence electrons. The normalized spacial score (nSPS) is 21.7. The maximum atomic E-state index is 14.1. The highest BCUT2D eigenvalue weighted by Gasteiger charge is 2.54. The van der Waals surface area contributed by atoms with Crippen molar-refractivity contribution in [3.8, 4) is 0 Å². The fourth-order valence-electron chi connectivity index (χ4n) is 5.05. The van der Waals surface area contributed by atoms with Crippen LogP contribution in [-0.2, 0) is 26.0 Å². The van der Waals surface area contributed by atoms with Crippen molar-refractivity contribution in [3.05, 3.63) is 63.1 Å². The minimum absolute atomic E-state index is 0.00246. The van der Waals surface area contributed by atoms with Gasteiger partial charge in [-0.05, 0) is 56.7 Å². The highest BCUT2D eigenvalue weighted by Crippen LogP contribution is 2.34. The second-order valence-electron chi connectivity index (χ2n) is 11.1. The molecule has 2 heterocycles. The van der Waals surface area contributed by atoms with Crippen molar-refractivity contribution >= 4 is 62.7 Å². The number of nitrogens with zero attached hydrogens (tertiary/aromatic N) is 3. The Labute approximate surface area is 259 Å². The molecule has 2 saturated heterocycles. The van der Waals surface area contributed by atoms with E-state index >= 15 is 0 Å². The molecule has 2 aliphatic rings. The summed E-state index contributed by atoms with van der Waals surface area (Å²) in [6.45, 7) is 3.34. The van der Waals surface area contributed by atoms with E-state index in [4.69, 9.17) is 34.8 Å². The molecule has 15 heteroatoms. The number of amides is 4. The van der Waals surface area contributed by atoms with Gasteiger partial charge in [0.25, 0.3) is 0 Å². The molecule has 0 spiro atoms. The van der Waals surface area contributed by atoms with Crippen LogP contribution >= 0.6 is 34.8 Å². The lowest BCUT2D eigenvalue weighted by molar-refractivity contribution is -0.166. The second kappa shape index (κ2) is 12.5. The van der Waals surface area contributed by atoms with Crippen LogP contribution in [-0.4, -0.2) is 90.5 Å². The third kappa shape index (κ3) is 6.94. The van der Waals surface area contributed by atoms with Crippen LogP contribution in [0.1, 0.15) is 26.3 Å². The molecular formula is C27H31Cl3FN5O5S. The molecule has 2 aromatic carbocycles. The van der Waals surface area contributed by atoms with Gasteiger partial charge in [0.15, 0.2) is 0 Å². The number of sulfonamides is 1. The van der Waals surface area contributed by atoms with Gasteiger partial charge in [0, 0.05) is 35.1 Å². The topological polar surface area (TPSA) is 119 Å². The Bertz CT molecular complexity index is 1470. The second-order valence-corrected chi connectivity index (χ2v) is 14.2. The first-order chi connectivity index (χ1) is 19.6. The third-order valence-electron chi connectivity index (χ3n) is 6.86. The number of alkyl halides is 1. The van der Waals surface area contributed by atoms with E-state index in [0.29, 0.717) is 10.6 Å². The Kier molecular flexibility index (Phi) is 9.63. The summed E-state index contributed by atoms with van der Waals surface area (Å²) in [5.74, 6) is -1.20. The van der Waals surface area contributed by atoms with Crippen LogP contribution in [0.2, 0.25) is 15.1 Å². The van der Waals surface area contributed by atoms with Gasteiger partial charge < -0.3 is 20.4 Å². The van der Waals surface area contributed by atoms with Crippen LogP contribution in [0.25, 0.3) is 0 Å². The minimum atomic E-state index is -4.44. The molecule has 4 amide bonds. The van der Waals surface area contributed by atoms with E-state index in [0.717, 1.165) is 4.31 Å². The van der Waals surface area contributed by atoms with Gasteiger partial charge >= 0.3 is 6.03 Å². The average molecular weight is 663 g/mol. The third-order valence-corrected chi connectivity index (χ3v) is 9.69. The number of carbonyl (C=O) groups excluding carboxylic acids is 3. The van der Waals surface area contributed by atoms with Gasteiger partial charge in [-0.1, -0.05) is 46.9 Å². The zero-order chi connectivity index (χ0) is 31.0. The summed E-state index contributed by atoms with van der Waals surface area (Å²) in [4.78, 5) is 42.6. The van der Waals surface area contributed by atoms with E-state index in [9.17, 15) is 27.2 Å². The lowest BCUT2D eigenvalue weighted by atomic mass is 9.97. The van der Waals surface area contributed by atoms with Gasteiger partial charge in [0.2, 0.25) is 21.8 Å². The van der Waals surface area contributed by atoms with Crippen molar-refractivity contribution in [2.75, 3.05) is 26.3 Å². The first-order valence-electron chi connectivity index (χ1n) is 13.1. The molecule has 0 aromatic heterocycles. The fraction of sp³-hybridized carbons (Fsp3) is 0.444. The number of hydrogen-bond donors (Lipinski definition) is 2. The standard InChI is InChI=1S/C27H31Cl3FN5O5S/c1-27(2,3)33-26(39)32-20-14-35(42(40,41)22-9-8-18(29)13-19(22)30)23-15-34(11-10-31)25(38)21(36(23)24(20)37)12-16-4-6-17(28)7-5-16/h4-9,13,20-21,23H,10-12,14-15H2,1-3H3,(H2,32,33,39). The highest BCUT2D eigenvalue weighted by molar-refractivity contribution is 7.89. The molecular weight excluding hydrogens is 632 g/mol. The van der Waals surface area contributed by atoms with Gasteiger partial charge in [-0.2, -0.15) is 4.31 Å². The molecule has 0 saturated carbocycles. The van der Waals surface area contributed by atoms with Gasteiger partial charge in [0.05, 0.1) is 11.6 Å². The SMILES string of the molecule is CC(C)(C)NC(=O)NC1CN(S(=O)(=O)c2ccc(Cl)cc2Cl)C2CN(CCF)C(=O)C(Cc3ccc(Cl)cc3)N2C1=O. The molecule has 3 unspecified atom stereocenters. The Hall–Kier alpha value is -2.64. The van der Waals surface area contributed by atoms with Crippen molar-refractivity contribution in [1.29, 1.82) is 0 Å².